The molecular formula is C19H17ClN2O2S. The molecule has 0 saturated heterocycles. The zero-order valence-electron chi connectivity index (χ0n) is 13.6. The smallest absolute Gasteiger partial charge is 0.242 e. The molecule has 0 aliphatic heterocycles. The van der Waals surface area contributed by atoms with Crippen molar-refractivity contribution in [3.05, 3.63) is 83.0 Å². The second-order valence-corrected chi connectivity index (χ2v) is 7.78. The van der Waals surface area contributed by atoms with Crippen LogP contribution in [0.4, 0.5) is 0 Å². The number of rotatable bonds is 5. The van der Waals surface area contributed by atoms with Crippen molar-refractivity contribution in [2.45, 2.75) is 18.4 Å². The summed E-state index contributed by atoms with van der Waals surface area (Å²) >= 11 is 6.00. The van der Waals surface area contributed by atoms with Gasteiger partial charge in [-0.15, -0.1) is 0 Å². The summed E-state index contributed by atoms with van der Waals surface area (Å²) < 4.78 is 27.6. The molecule has 0 aliphatic carbocycles. The van der Waals surface area contributed by atoms with Crippen LogP contribution >= 0.6 is 11.6 Å². The fraction of sp³-hybridized carbons (Fsp3) is 0.105. The number of sulfonamides is 1. The Labute approximate surface area is 152 Å². The van der Waals surface area contributed by atoms with E-state index >= 15 is 0 Å². The fourth-order valence-electron chi connectivity index (χ4n) is 2.55. The first-order chi connectivity index (χ1) is 12.0. The maximum absolute atomic E-state index is 12.5. The molecule has 0 atom stereocenters. The molecule has 0 radical (unpaired) electrons. The molecule has 6 heteroatoms. The number of aryl methyl sites for hydroxylation is 1. The molecular weight excluding hydrogens is 356 g/mol. The molecule has 0 fully saturated rings. The van der Waals surface area contributed by atoms with E-state index in [-0.39, 0.29) is 16.5 Å². The van der Waals surface area contributed by atoms with Crippen molar-refractivity contribution in [3.63, 3.8) is 0 Å². The van der Waals surface area contributed by atoms with Gasteiger partial charge in [-0.25, -0.2) is 13.1 Å². The number of benzene rings is 2. The van der Waals surface area contributed by atoms with Crippen LogP contribution < -0.4 is 4.72 Å². The Morgan fingerprint density at radius 1 is 1.04 bits per heavy atom. The summed E-state index contributed by atoms with van der Waals surface area (Å²) in [5.74, 6) is 0. The molecule has 0 unspecified atom stereocenters. The van der Waals surface area contributed by atoms with Crippen molar-refractivity contribution >= 4 is 21.6 Å². The lowest BCUT2D eigenvalue weighted by molar-refractivity contribution is 0.581. The lowest BCUT2D eigenvalue weighted by Gasteiger charge is -2.11. The number of hydrogen-bond acceptors (Lipinski definition) is 3. The van der Waals surface area contributed by atoms with Crippen LogP contribution in [0.5, 0.6) is 0 Å². The van der Waals surface area contributed by atoms with Gasteiger partial charge in [-0.3, -0.25) is 4.98 Å². The molecule has 0 saturated carbocycles. The number of aromatic nitrogens is 1. The first kappa shape index (κ1) is 17.6. The van der Waals surface area contributed by atoms with E-state index in [2.05, 4.69) is 9.71 Å². The minimum Gasteiger partial charge on any atom is -0.256 e. The van der Waals surface area contributed by atoms with Crippen LogP contribution in [0.3, 0.4) is 0 Å². The third-order valence-electron chi connectivity index (χ3n) is 3.76. The fourth-order valence-corrected chi connectivity index (χ4v) is 4.07. The second kappa shape index (κ2) is 7.35. The molecule has 3 rings (SSSR count). The predicted octanol–water partition coefficient (Wildman–Crippen LogP) is 4.19. The topological polar surface area (TPSA) is 59.1 Å². The summed E-state index contributed by atoms with van der Waals surface area (Å²) in [4.78, 5) is 4.49. The summed E-state index contributed by atoms with van der Waals surface area (Å²) in [5.41, 5.74) is 3.62. The molecule has 3 aromatic rings. The predicted molar refractivity (Wildman–Crippen MR) is 99.9 cm³/mol. The standard InChI is InChI=1S/C19H17ClN2O2S/c1-14-6-4-7-15(12-14)19-16(8-5-11-21-19)13-22-25(23,24)18-10-3-2-9-17(18)20/h2-12,22H,13H2,1H3. The van der Waals surface area contributed by atoms with E-state index in [9.17, 15) is 8.42 Å². The van der Waals surface area contributed by atoms with E-state index in [1.54, 1.807) is 30.5 Å². The quantitative estimate of drug-likeness (QED) is 0.730. The summed E-state index contributed by atoms with van der Waals surface area (Å²) in [6.07, 6.45) is 1.70. The first-order valence-corrected chi connectivity index (χ1v) is 9.58. The summed E-state index contributed by atoms with van der Waals surface area (Å²) in [6.45, 7) is 2.14. The van der Waals surface area contributed by atoms with Crippen LogP contribution in [0.1, 0.15) is 11.1 Å². The highest BCUT2D eigenvalue weighted by atomic mass is 35.5. The van der Waals surface area contributed by atoms with Crippen molar-refractivity contribution in [1.82, 2.24) is 9.71 Å². The Morgan fingerprint density at radius 2 is 1.84 bits per heavy atom. The highest BCUT2D eigenvalue weighted by molar-refractivity contribution is 7.89. The third-order valence-corrected chi connectivity index (χ3v) is 5.66. The Balaban J connectivity index is 1.89. The van der Waals surface area contributed by atoms with Gasteiger partial charge in [0.2, 0.25) is 10.0 Å². The summed E-state index contributed by atoms with van der Waals surface area (Å²) in [7, 11) is -3.71. The van der Waals surface area contributed by atoms with Crippen molar-refractivity contribution in [2.75, 3.05) is 0 Å². The van der Waals surface area contributed by atoms with Crippen LogP contribution in [-0.4, -0.2) is 13.4 Å². The molecule has 1 aromatic heterocycles. The molecule has 0 aliphatic rings. The third kappa shape index (κ3) is 4.07. The largest absolute Gasteiger partial charge is 0.256 e. The van der Waals surface area contributed by atoms with Crippen molar-refractivity contribution < 1.29 is 8.42 Å². The van der Waals surface area contributed by atoms with Crippen LogP contribution in [0.15, 0.2) is 71.8 Å². The molecule has 0 spiro atoms. The molecule has 0 amide bonds. The maximum Gasteiger partial charge on any atom is 0.242 e. The number of halogens is 1. The van der Waals surface area contributed by atoms with Crippen molar-refractivity contribution in [3.8, 4) is 11.3 Å². The molecule has 4 nitrogen and oxygen atoms in total. The van der Waals surface area contributed by atoms with E-state index in [4.69, 9.17) is 11.6 Å². The molecule has 1 heterocycles. The van der Waals surface area contributed by atoms with Crippen molar-refractivity contribution in [1.29, 1.82) is 0 Å². The van der Waals surface area contributed by atoms with Gasteiger partial charge in [0, 0.05) is 18.3 Å². The van der Waals surface area contributed by atoms with Gasteiger partial charge in [-0.2, -0.15) is 0 Å². The highest BCUT2D eigenvalue weighted by Gasteiger charge is 2.18. The second-order valence-electron chi connectivity index (χ2n) is 5.64. The monoisotopic (exact) mass is 372 g/mol. The normalized spacial score (nSPS) is 11.4. The van der Waals surface area contributed by atoms with E-state index < -0.39 is 10.0 Å². The number of hydrogen-bond donors (Lipinski definition) is 1. The molecule has 25 heavy (non-hydrogen) atoms. The molecule has 128 valence electrons. The highest BCUT2D eigenvalue weighted by Crippen LogP contribution is 2.24. The van der Waals surface area contributed by atoms with Crippen LogP contribution in [-0.2, 0) is 16.6 Å². The van der Waals surface area contributed by atoms with Crippen LogP contribution in [0.25, 0.3) is 11.3 Å². The molecule has 2 aromatic carbocycles. The zero-order chi connectivity index (χ0) is 17.9. The Morgan fingerprint density at radius 3 is 2.60 bits per heavy atom. The van der Waals surface area contributed by atoms with Gasteiger partial charge in [-0.05, 0) is 36.8 Å². The van der Waals surface area contributed by atoms with E-state index in [0.717, 1.165) is 22.4 Å². The number of nitrogens with zero attached hydrogens (tertiary/aromatic N) is 1. The number of pyridine rings is 1. The average Bonchev–Trinajstić information content (AvgIpc) is 2.60. The Hall–Kier alpha value is -2.21. The van der Waals surface area contributed by atoms with Gasteiger partial charge < -0.3 is 0 Å². The Kier molecular flexibility index (Phi) is 5.18. The van der Waals surface area contributed by atoms with Gasteiger partial charge in [0.05, 0.1) is 10.7 Å². The van der Waals surface area contributed by atoms with Crippen LogP contribution in [0, 0.1) is 6.92 Å². The minimum atomic E-state index is -3.71. The van der Waals surface area contributed by atoms with Gasteiger partial charge in [0.1, 0.15) is 4.90 Å². The lowest BCUT2D eigenvalue weighted by Crippen LogP contribution is -2.24. The SMILES string of the molecule is Cc1cccc(-c2ncccc2CNS(=O)(=O)c2ccccc2Cl)c1. The van der Waals surface area contributed by atoms with Crippen LogP contribution in [0.2, 0.25) is 5.02 Å². The van der Waals surface area contributed by atoms with Gasteiger partial charge in [0.25, 0.3) is 0 Å². The van der Waals surface area contributed by atoms with E-state index in [1.807, 2.05) is 37.3 Å². The average molecular weight is 373 g/mol. The maximum atomic E-state index is 12.5. The number of nitrogens with one attached hydrogen (secondary N) is 1. The van der Waals surface area contributed by atoms with E-state index in [1.165, 1.54) is 6.07 Å². The van der Waals surface area contributed by atoms with Gasteiger partial charge >= 0.3 is 0 Å². The van der Waals surface area contributed by atoms with E-state index in [0.29, 0.717) is 0 Å². The van der Waals surface area contributed by atoms with Gasteiger partial charge in [0.15, 0.2) is 0 Å². The summed E-state index contributed by atoms with van der Waals surface area (Å²) in [6, 6.07) is 18.0. The zero-order valence-corrected chi connectivity index (χ0v) is 15.2. The van der Waals surface area contributed by atoms with Crippen molar-refractivity contribution in [2.24, 2.45) is 0 Å². The molecule has 0 bridgehead atoms. The Bertz CT molecular complexity index is 1000. The van der Waals surface area contributed by atoms with Gasteiger partial charge in [-0.1, -0.05) is 53.6 Å². The lowest BCUT2D eigenvalue weighted by atomic mass is 10.0. The first-order valence-electron chi connectivity index (χ1n) is 7.72. The molecule has 1 N–H and O–H groups in total. The minimum absolute atomic E-state index is 0.0673. The summed E-state index contributed by atoms with van der Waals surface area (Å²) in [5, 5.41) is 0.195.